The first-order chi connectivity index (χ1) is 26.9. The van der Waals surface area contributed by atoms with Crippen LogP contribution in [0.15, 0.2) is 53.2 Å². The van der Waals surface area contributed by atoms with Gasteiger partial charge in [-0.2, -0.15) is 8.78 Å². The lowest BCUT2D eigenvalue weighted by Gasteiger charge is -2.01. The lowest BCUT2D eigenvalue weighted by atomic mass is 10.0. The molecule has 0 aliphatic rings. The third kappa shape index (κ3) is 20.2. The molecule has 7 heterocycles. The second-order valence-electron chi connectivity index (χ2n) is 14.0. The zero-order valence-corrected chi connectivity index (χ0v) is 42.3. The molecule has 0 aliphatic heterocycles. The maximum atomic E-state index is 12.3. The molecule has 58 heavy (non-hydrogen) atoms. The van der Waals surface area contributed by atoms with E-state index in [2.05, 4.69) is 92.8 Å². The Morgan fingerprint density at radius 1 is 0.362 bits per heavy atom. The molecule has 0 aliphatic carbocycles. The predicted molar refractivity (Wildman–Crippen MR) is 255 cm³/mol. The van der Waals surface area contributed by atoms with Gasteiger partial charge in [0, 0.05) is 54.8 Å². The van der Waals surface area contributed by atoms with E-state index in [1.165, 1.54) is 81.2 Å². The molecule has 0 fully saturated rings. The van der Waals surface area contributed by atoms with Gasteiger partial charge in [0.25, 0.3) is 0 Å². The van der Waals surface area contributed by atoms with Gasteiger partial charge in [-0.15, -0.1) is 79.4 Å². The summed E-state index contributed by atoms with van der Waals surface area (Å²) in [5.74, 6) is 0.756. The lowest BCUT2D eigenvalue weighted by molar-refractivity contribution is 0.605. The summed E-state index contributed by atoms with van der Waals surface area (Å²) in [4.78, 5) is 11.3. The van der Waals surface area contributed by atoms with Crippen molar-refractivity contribution in [3.63, 3.8) is 0 Å². The molecule has 0 bridgehead atoms. The van der Waals surface area contributed by atoms with Crippen molar-refractivity contribution < 1.29 is 22.0 Å². The van der Waals surface area contributed by atoms with Crippen LogP contribution in [0.2, 0.25) is 0 Å². The third-order valence-corrected chi connectivity index (χ3v) is 14.7. The number of hydrogen-bond donors (Lipinski definition) is 0. The molecule has 320 valence electrons. The first kappa shape index (κ1) is 53.6. The molecule has 0 aromatic carbocycles. The Morgan fingerprint density at radius 2 is 0.776 bits per heavy atom. The van der Waals surface area contributed by atoms with E-state index < -0.39 is 10.9 Å². The average Bonchev–Trinajstić information content (AvgIpc) is 3.99. The maximum Gasteiger partial charge on any atom is 0.179 e. The van der Waals surface area contributed by atoms with E-state index in [-0.39, 0.29) is 16.8 Å². The molecule has 0 amide bonds. The fourth-order valence-corrected chi connectivity index (χ4v) is 10.5. The van der Waals surface area contributed by atoms with Crippen molar-refractivity contribution in [2.24, 2.45) is 0 Å². The van der Waals surface area contributed by atoms with Crippen molar-refractivity contribution in [3.8, 4) is 0 Å². The molecule has 12 heteroatoms. The smallest absolute Gasteiger partial charge is 0.179 e. The molecule has 0 nitrogen and oxygen atoms in total. The molecule has 0 atom stereocenters. The molecule has 0 saturated carbocycles. The molecule has 7 rings (SSSR count). The first-order valence-corrected chi connectivity index (χ1v) is 24.5. The van der Waals surface area contributed by atoms with Gasteiger partial charge in [0.15, 0.2) is 10.3 Å². The zero-order valence-electron chi connectivity index (χ0n) is 36.6. The molecule has 0 unspecified atom stereocenters. The molecule has 0 saturated heterocycles. The summed E-state index contributed by atoms with van der Waals surface area (Å²) in [7, 11) is 0. The van der Waals surface area contributed by atoms with Crippen molar-refractivity contribution in [3.05, 3.63) is 152 Å². The predicted octanol–water partition coefficient (Wildman–Crippen LogP) is 18.9. The highest BCUT2D eigenvalue weighted by Crippen LogP contribution is 2.27. The molecule has 7 aromatic heterocycles. The van der Waals surface area contributed by atoms with E-state index in [0.717, 1.165) is 42.5 Å². The van der Waals surface area contributed by atoms with Crippen LogP contribution >= 0.6 is 79.4 Å². The highest BCUT2D eigenvalue weighted by molar-refractivity contribution is 7.13. The van der Waals surface area contributed by atoms with Crippen LogP contribution in [-0.2, 0) is 0 Å². The van der Waals surface area contributed by atoms with E-state index in [9.17, 15) is 22.0 Å². The van der Waals surface area contributed by atoms with Crippen LogP contribution in [0.25, 0.3) is 0 Å². The quantitative estimate of drug-likeness (QED) is 0.152. The number of hydrogen-bond acceptors (Lipinski definition) is 7. The summed E-state index contributed by atoms with van der Waals surface area (Å²) in [6.45, 7) is 32.8. The fourth-order valence-electron chi connectivity index (χ4n) is 4.90. The third-order valence-electron chi connectivity index (χ3n) is 8.25. The van der Waals surface area contributed by atoms with Gasteiger partial charge in [-0.25, -0.2) is 13.2 Å². The Kier molecular flexibility index (Phi) is 24.7. The van der Waals surface area contributed by atoms with Crippen molar-refractivity contribution in [2.45, 2.75) is 123 Å². The molecular formula is C46H59F5S7. The minimum atomic E-state index is -0.458. The SMILES string of the molecule is Cc1cc(C(C)C)c(C)s1.Cc1cc(C)c(C)s1.Cc1cc(F)c(C)s1.Cc1cc(F)sc1C.Cc1sc(F)cc1F.Cc1sccc1C(C)C.Cc1sccc1F. The number of rotatable bonds is 2. The highest BCUT2D eigenvalue weighted by atomic mass is 32.1. The first-order valence-electron chi connectivity index (χ1n) is 18.6. The minimum Gasteiger partial charge on any atom is -0.206 e. The lowest BCUT2D eigenvalue weighted by Crippen LogP contribution is -1.84. The fraction of sp³-hybridized carbons (Fsp3) is 0.391. The molecule has 7 aromatic rings. The van der Waals surface area contributed by atoms with Gasteiger partial charge >= 0.3 is 0 Å². The van der Waals surface area contributed by atoms with Crippen molar-refractivity contribution in [2.75, 3.05) is 0 Å². The van der Waals surface area contributed by atoms with Gasteiger partial charge in [0.1, 0.15) is 17.5 Å². The second kappa shape index (κ2) is 26.7. The number of aryl methyl sites for hydroxylation is 12. The van der Waals surface area contributed by atoms with E-state index in [0.29, 0.717) is 16.7 Å². The van der Waals surface area contributed by atoms with E-state index in [1.54, 1.807) is 38.3 Å². The Morgan fingerprint density at radius 3 is 0.931 bits per heavy atom. The highest BCUT2D eigenvalue weighted by Gasteiger charge is 2.06. The molecule has 0 radical (unpaired) electrons. The van der Waals surface area contributed by atoms with Gasteiger partial charge in [-0.05, 0) is 164 Å². The minimum absolute atomic E-state index is 0.0764. The normalized spacial score (nSPS) is 10.1. The Labute approximate surface area is 373 Å². The van der Waals surface area contributed by atoms with Crippen LogP contribution in [0.5, 0.6) is 0 Å². The van der Waals surface area contributed by atoms with Crippen LogP contribution in [0, 0.1) is 111 Å². The Hall–Kier alpha value is -2.45. The van der Waals surface area contributed by atoms with Gasteiger partial charge in [0.05, 0.1) is 0 Å². The summed E-state index contributed by atoms with van der Waals surface area (Å²) in [6.07, 6.45) is 0. The van der Waals surface area contributed by atoms with Gasteiger partial charge in [-0.1, -0.05) is 27.7 Å². The van der Waals surface area contributed by atoms with Gasteiger partial charge < -0.3 is 0 Å². The molecule has 0 N–H and O–H groups in total. The summed E-state index contributed by atoms with van der Waals surface area (Å²) in [5, 5.41) is 3.36. The van der Waals surface area contributed by atoms with E-state index in [4.69, 9.17) is 0 Å². The van der Waals surface area contributed by atoms with E-state index >= 15 is 0 Å². The molecule has 0 spiro atoms. The average molecular weight is 931 g/mol. The van der Waals surface area contributed by atoms with Crippen LogP contribution < -0.4 is 0 Å². The van der Waals surface area contributed by atoms with Crippen LogP contribution in [0.1, 0.15) is 111 Å². The summed E-state index contributed by atoms with van der Waals surface area (Å²) in [6, 6.07) is 12.2. The van der Waals surface area contributed by atoms with Crippen LogP contribution in [-0.4, -0.2) is 0 Å². The van der Waals surface area contributed by atoms with Crippen molar-refractivity contribution in [1.29, 1.82) is 0 Å². The maximum absolute atomic E-state index is 12.3. The Bertz CT molecular complexity index is 1930. The van der Waals surface area contributed by atoms with Crippen molar-refractivity contribution in [1.82, 2.24) is 0 Å². The van der Waals surface area contributed by atoms with Gasteiger partial charge in [0.2, 0.25) is 0 Å². The largest absolute Gasteiger partial charge is 0.206 e. The monoisotopic (exact) mass is 930 g/mol. The number of halogens is 5. The van der Waals surface area contributed by atoms with E-state index in [1.807, 2.05) is 54.8 Å². The van der Waals surface area contributed by atoms with Gasteiger partial charge in [-0.3, -0.25) is 0 Å². The van der Waals surface area contributed by atoms with Crippen molar-refractivity contribution >= 4 is 79.4 Å². The zero-order chi connectivity index (χ0) is 44.4. The second-order valence-corrected chi connectivity index (χ2v) is 23.1. The van der Waals surface area contributed by atoms with Crippen LogP contribution in [0.3, 0.4) is 0 Å². The standard InChI is InChI=1S/C9H14S.C8H12S.C7H10S.2C6H7FS.C5H4F2S.C5H5FS/c1-6(2)9-5-7(3)10-8(9)4;1-6(2)8-4-5-9-7(8)3;1-5-4-6(2)8-7(5)3;1-4-3-6(7)5(2)8-4;1-4-3-6(7)8-5(4)2;1-3-4(6)2-5(7)8-3;1-4-5(6)2-3-7-4/h5-6H,1-4H3;4-6H,1-3H3;4H,1-3H3;2*3H,1-2H3;2H,1H3;2-3H,1H3. The van der Waals surface area contributed by atoms with Crippen LogP contribution in [0.4, 0.5) is 22.0 Å². The topological polar surface area (TPSA) is 0 Å². The summed E-state index contributed by atoms with van der Waals surface area (Å²) in [5.41, 5.74) is 5.49. The Balaban J connectivity index is 0.000000339. The summed E-state index contributed by atoms with van der Waals surface area (Å²) < 4.78 is 60.7. The summed E-state index contributed by atoms with van der Waals surface area (Å²) >= 11 is 10.6. The number of thiophene rings is 7. The molecular weight excluding hydrogens is 872 g/mol.